The summed E-state index contributed by atoms with van der Waals surface area (Å²) in [6.07, 6.45) is 1.04. The molecular formula is C16H21N3O3. The lowest BCUT2D eigenvalue weighted by Gasteiger charge is -2.05. The Labute approximate surface area is 129 Å². The molecule has 2 aromatic rings. The third-order valence-corrected chi connectivity index (χ3v) is 3.05. The van der Waals surface area contributed by atoms with E-state index in [1.54, 1.807) is 7.11 Å². The fourth-order valence-electron chi connectivity index (χ4n) is 1.99. The van der Waals surface area contributed by atoms with Crippen LogP contribution in [0.25, 0.3) is 11.4 Å². The Kier molecular flexibility index (Phi) is 5.52. The number of hydrogen-bond donors (Lipinski definition) is 1. The normalized spacial score (nSPS) is 10.7. The van der Waals surface area contributed by atoms with Gasteiger partial charge in [0, 0.05) is 24.9 Å². The molecule has 1 aromatic heterocycles. The number of methoxy groups -OCH3 is 1. The smallest absolute Gasteiger partial charge is 0.228 e. The highest BCUT2D eigenvalue weighted by atomic mass is 16.5. The summed E-state index contributed by atoms with van der Waals surface area (Å²) < 4.78 is 10.4. The van der Waals surface area contributed by atoms with Gasteiger partial charge in [-0.25, -0.2) is 0 Å². The van der Waals surface area contributed by atoms with Gasteiger partial charge in [0.25, 0.3) is 0 Å². The molecule has 1 aromatic carbocycles. The maximum absolute atomic E-state index is 11.5. The number of hydrogen-bond acceptors (Lipinski definition) is 5. The molecule has 118 valence electrons. The molecule has 0 atom stereocenters. The average Bonchev–Trinajstić information content (AvgIpc) is 2.95. The minimum atomic E-state index is 0.0440. The molecule has 0 saturated carbocycles. The predicted octanol–water partition coefficient (Wildman–Crippen LogP) is 2.45. The van der Waals surface area contributed by atoms with Crippen molar-refractivity contribution in [2.45, 2.75) is 26.7 Å². The molecule has 0 aliphatic heterocycles. The summed E-state index contributed by atoms with van der Waals surface area (Å²) in [5.41, 5.74) is 0.832. The van der Waals surface area contributed by atoms with Gasteiger partial charge in [0.15, 0.2) is 0 Å². The number of carbonyl (C=O) groups is 1. The Morgan fingerprint density at radius 2 is 2.23 bits per heavy atom. The van der Waals surface area contributed by atoms with Gasteiger partial charge in [-0.2, -0.15) is 4.98 Å². The fraction of sp³-hybridized carbons (Fsp3) is 0.438. The zero-order chi connectivity index (χ0) is 15.9. The van der Waals surface area contributed by atoms with E-state index in [1.807, 2.05) is 38.1 Å². The van der Waals surface area contributed by atoms with Gasteiger partial charge in [0.1, 0.15) is 5.75 Å². The van der Waals surface area contributed by atoms with Crippen LogP contribution in [0.2, 0.25) is 0 Å². The molecule has 1 N–H and O–H groups in total. The van der Waals surface area contributed by atoms with Crippen LogP contribution in [0.1, 0.15) is 26.2 Å². The zero-order valence-corrected chi connectivity index (χ0v) is 13.1. The Balaban J connectivity index is 1.90. The Morgan fingerprint density at radius 3 is 2.95 bits per heavy atom. The summed E-state index contributed by atoms with van der Waals surface area (Å²) in [6.45, 7) is 4.52. The summed E-state index contributed by atoms with van der Waals surface area (Å²) in [4.78, 5) is 15.9. The van der Waals surface area contributed by atoms with Crippen molar-refractivity contribution in [1.82, 2.24) is 15.5 Å². The van der Waals surface area contributed by atoms with Gasteiger partial charge >= 0.3 is 0 Å². The standard InChI is InChI=1S/C16H21N3O3/c1-11(2)9-14(20)17-8-7-15-18-16(19-22-15)12-5-4-6-13(10-12)21-3/h4-6,10-11H,7-9H2,1-3H3,(H,17,20). The highest BCUT2D eigenvalue weighted by Gasteiger charge is 2.10. The molecule has 0 aliphatic carbocycles. The Hall–Kier alpha value is -2.37. The van der Waals surface area contributed by atoms with E-state index in [2.05, 4.69) is 15.5 Å². The van der Waals surface area contributed by atoms with Crippen LogP contribution in [0.5, 0.6) is 5.75 Å². The molecule has 0 fully saturated rings. The molecule has 1 heterocycles. The Bertz CT molecular complexity index is 623. The molecule has 0 saturated heterocycles. The molecule has 0 spiro atoms. The number of nitrogens with one attached hydrogen (secondary N) is 1. The second-order valence-electron chi connectivity index (χ2n) is 5.44. The number of rotatable bonds is 7. The first kappa shape index (κ1) is 16.0. The van der Waals surface area contributed by atoms with Gasteiger partial charge in [-0.3, -0.25) is 4.79 Å². The summed E-state index contributed by atoms with van der Waals surface area (Å²) in [7, 11) is 1.61. The fourth-order valence-corrected chi connectivity index (χ4v) is 1.99. The minimum Gasteiger partial charge on any atom is -0.497 e. The van der Waals surface area contributed by atoms with Crippen molar-refractivity contribution in [1.29, 1.82) is 0 Å². The van der Waals surface area contributed by atoms with Crippen molar-refractivity contribution in [2.24, 2.45) is 5.92 Å². The lowest BCUT2D eigenvalue weighted by Crippen LogP contribution is -2.26. The van der Waals surface area contributed by atoms with Crippen LogP contribution in [0.4, 0.5) is 0 Å². The first-order valence-electron chi connectivity index (χ1n) is 7.32. The first-order valence-corrected chi connectivity index (χ1v) is 7.32. The largest absolute Gasteiger partial charge is 0.497 e. The van der Waals surface area contributed by atoms with Gasteiger partial charge in [0.2, 0.25) is 17.6 Å². The molecule has 0 aliphatic rings. The average molecular weight is 303 g/mol. The van der Waals surface area contributed by atoms with E-state index in [1.165, 1.54) is 0 Å². The summed E-state index contributed by atoms with van der Waals surface area (Å²) >= 11 is 0. The van der Waals surface area contributed by atoms with E-state index in [0.29, 0.717) is 37.0 Å². The summed E-state index contributed by atoms with van der Waals surface area (Å²) in [6, 6.07) is 7.46. The number of amides is 1. The third kappa shape index (κ3) is 4.58. The number of carbonyl (C=O) groups excluding carboxylic acids is 1. The topological polar surface area (TPSA) is 77.3 Å². The van der Waals surface area contributed by atoms with Crippen LogP contribution in [0.3, 0.4) is 0 Å². The second kappa shape index (κ2) is 7.59. The molecule has 2 rings (SSSR count). The molecule has 6 heteroatoms. The highest BCUT2D eigenvalue weighted by molar-refractivity contribution is 5.76. The van der Waals surface area contributed by atoms with E-state index < -0.39 is 0 Å². The number of benzene rings is 1. The lowest BCUT2D eigenvalue weighted by molar-refractivity contribution is -0.121. The van der Waals surface area contributed by atoms with E-state index in [-0.39, 0.29) is 5.91 Å². The van der Waals surface area contributed by atoms with Crippen LogP contribution in [-0.4, -0.2) is 29.7 Å². The van der Waals surface area contributed by atoms with Gasteiger partial charge in [-0.15, -0.1) is 0 Å². The summed E-state index contributed by atoms with van der Waals surface area (Å²) in [5, 5.41) is 6.80. The number of aromatic nitrogens is 2. The molecule has 0 bridgehead atoms. The van der Waals surface area contributed by atoms with Crippen molar-refractivity contribution in [2.75, 3.05) is 13.7 Å². The maximum Gasteiger partial charge on any atom is 0.228 e. The van der Waals surface area contributed by atoms with Crippen molar-refractivity contribution in [3.8, 4) is 17.1 Å². The minimum absolute atomic E-state index is 0.0440. The van der Waals surface area contributed by atoms with E-state index in [4.69, 9.17) is 9.26 Å². The van der Waals surface area contributed by atoms with E-state index >= 15 is 0 Å². The third-order valence-electron chi connectivity index (χ3n) is 3.05. The number of ether oxygens (including phenoxy) is 1. The van der Waals surface area contributed by atoms with Gasteiger partial charge in [-0.1, -0.05) is 31.1 Å². The van der Waals surface area contributed by atoms with Gasteiger partial charge in [0.05, 0.1) is 7.11 Å². The predicted molar refractivity (Wildman–Crippen MR) is 82.5 cm³/mol. The molecule has 0 unspecified atom stereocenters. The van der Waals surface area contributed by atoms with Gasteiger partial charge < -0.3 is 14.6 Å². The maximum atomic E-state index is 11.5. The first-order chi connectivity index (χ1) is 10.6. The monoisotopic (exact) mass is 303 g/mol. The second-order valence-corrected chi connectivity index (χ2v) is 5.44. The highest BCUT2D eigenvalue weighted by Crippen LogP contribution is 2.21. The van der Waals surface area contributed by atoms with Crippen molar-refractivity contribution in [3.05, 3.63) is 30.2 Å². The van der Waals surface area contributed by atoms with Crippen LogP contribution in [0.15, 0.2) is 28.8 Å². The Morgan fingerprint density at radius 1 is 1.41 bits per heavy atom. The van der Waals surface area contributed by atoms with E-state index in [0.717, 1.165) is 11.3 Å². The summed E-state index contributed by atoms with van der Waals surface area (Å²) in [5.74, 6) is 2.15. The van der Waals surface area contributed by atoms with Crippen molar-refractivity contribution in [3.63, 3.8) is 0 Å². The van der Waals surface area contributed by atoms with Crippen LogP contribution in [0, 0.1) is 5.92 Å². The molecule has 0 radical (unpaired) electrons. The molecule has 22 heavy (non-hydrogen) atoms. The van der Waals surface area contributed by atoms with E-state index in [9.17, 15) is 4.79 Å². The molecular weight excluding hydrogens is 282 g/mol. The van der Waals surface area contributed by atoms with Crippen LogP contribution >= 0.6 is 0 Å². The molecule has 1 amide bonds. The van der Waals surface area contributed by atoms with Crippen molar-refractivity contribution < 1.29 is 14.1 Å². The number of nitrogens with zero attached hydrogens (tertiary/aromatic N) is 2. The lowest BCUT2D eigenvalue weighted by atomic mass is 10.1. The van der Waals surface area contributed by atoms with Crippen molar-refractivity contribution >= 4 is 5.91 Å². The zero-order valence-electron chi connectivity index (χ0n) is 13.1. The molecule has 6 nitrogen and oxygen atoms in total. The SMILES string of the molecule is COc1cccc(-c2noc(CCNC(=O)CC(C)C)n2)c1. The van der Waals surface area contributed by atoms with Gasteiger partial charge in [-0.05, 0) is 18.1 Å². The van der Waals surface area contributed by atoms with Crippen LogP contribution in [-0.2, 0) is 11.2 Å². The quantitative estimate of drug-likeness (QED) is 0.850. The van der Waals surface area contributed by atoms with Crippen LogP contribution < -0.4 is 10.1 Å².